The summed E-state index contributed by atoms with van der Waals surface area (Å²) in [5, 5.41) is 9.58. The van der Waals surface area contributed by atoms with E-state index in [1.165, 1.54) is 54.2 Å². The summed E-state index contributed by atoms with van der Waals surface area (Å²) in [5.41, 5.74) is 17.9. The monoisotopic (exact) mass is 1050 g/mol. The highest BCUT2D eigenvalue weighted by Gasteiger charge is 2.22. The Hall–Kier alpha value is -10.7. The second kappa shape index (κ2) is 21.5. The Morgan fingerprint density at radius 3 is 0.671 bits per heavy atom. The fourth-order valence-corrected chi connectivity index (χ4v) is 12.0. The SMILES string of the molecule is Cc1cccc(N(c2ccc(N(c3ccc(-c4ccc(N(c5ccc(N(c6cccc(C)c6)c6cccc7ccccc67)cc5)c5cccc6ccccc56)cc4)cc3)c3cccc4ccccc34)cc2)c2cccc3ccccc23)c1. The van der Waals surface area contributed by atoms with Crippen molar-refractivity contribution in [2.75, 3.05) is 19.6 Å². The molecule has 0 aromatic heterocycles. The molecule has 0 radical (unpaired) electrons. The zero-order chi connectivity index (χ0) is 54.9. The maximum absolute atomic E-state index is 2.39. The third kappa shape index (κ3) is 9.42. The quantitative estimate of drug-likeness (QED) is 0.114. The molecule has 14 rings (SSSR count). The first-order chi connectivity index (χ1) is 40.5. The Kier molecular flexibility index (Phi) is 13.0. The van der Waals surface area contributed by atoms with Crippen LogP contribution in [-0.2, 0) is 0 Å². The first-order valence-electron chi connectivity index (χ1n) is 28.1. The molecule has 0 saturated heterocycles. The van der Waals surface area contributed by atoms with Crippen LogP contribution in [0.4, 0.5) is 68.2 Å². The van der Waals surface area contributed by atoms with Gasteiger partial charge in [-0.05, 0) is 179 Å². The first-order valence-corrected chi connectivity index (χ1v) is 28.1. The predicted molar refractivity (Wildman–Crippen MR) is 350 cm³/mol. The van der Waals surface area contributed by atoms with E-state index >= 15 is 0 Å². The van der Waals surface area contributed by atoms with E-state index in [-0.39, 0.29) is 0 Å². The number of aryl methyl sites for hydroxylation is 2. The maximum atomic E-state index is 2.39. The predicted octanol–water partition coefficient (Wildman–Crippen LogP) is 22.5. The van der Waals surface area contributed by atoms with E-state index < -0.39 is 0 Å². The first kappa shape index (κ1) is 49.6. The highest BCUT2D eigenvalue weighted by Crippen LogP contribution is 2.46. The minimum absolute atomic E-state index is 1.07. The van der Waals surface area contributed by atoms with Crippen molar-refractivity contribution < 1.29 is 0 Å². The Bertz CT molecular complexity index is 4290. The van der Waals surface area contributed by atoms with Gasteiger partial charge < -0.3 is 19.6 Å². The highest BCUT2D eigenvalue weighted by atomic mass is 15.2. The number of benzene rings is 14. The van der Waals surface area contributed by atoms with Crippen LogP contribution >= 0.6 is 0 Å². The van der Waals surface area contributed by atoms with Gasteiger partial charge in [-0.3, -0.25) is 0 Å². The summed E-state index contributed by atoms with van der Waals surface area (Å²) in [6, 6.07) is 115. The molecule has 0 atom stereocenters. The lowest BCUT2D eigenvalue weighted by Crippen LogP contribution is -2.13. The summed E-state index contributed by atoms with van der Waals surface area (Å²) in [5.74, 6) is 0. The van der Waals surface area contributed by atoms with Gasteiger partial charge in [-0.2, -0.15) is 0 Å². The van der Waals surface area contributed by atoms with Crippen molar-refractivity contribution in [3.05, 3.63) is 327 Å². The van der Waals surface area contributed by atoms with Crippen LogP contribution in [0, 0.1) is 13.8 Å². The summed E-state index contributed by atoms with van der Waals surface area (Å²) in [4.78, 5) is 9.55. The zero-order valence-electron chi connectivity index (χ0n) is 45.8. The van der Waals surface area contributed by atoms with Gasteiger partial charge in [0.2, 0.25) is 0 Å². The summed E-state index contributed by atoms with van der Waals surface area (Å²) < 4.78 is 0. The molecule has 4 nitrogen and oxygen atoms in total. The fraction of sp³-hybridized carbons (Fsp3) is 0.0256. The lowest BCUT2D eigenvalue weighted by molar-refractivity contribution is 1.26. The van der Waals surface area contributed by atoms with Crippen LogP contribution < -0.4 is 19.6 Å². The fourth-order valence-electron chi connectivity index (χ4n) is 12.0. The van der Waals surface area contributed by atoms with Gasteiger partial charge in [0.25, 0.3) is 0 Å². The molecular weight excluding hydrogens is 993 g/mol. The molecule has 0 heterocycles. The highest BCUT2D eigenvalue weighted by molar-refractivity contribution is 6.03. The van der Waals surface area contributed by atoms with Gasteiger partial charge in [0.1, 0.15) is 0 Å². The van der Waals surface area contributed by atoms with Crippen LogP contribution in [0.25, 0.3) is 54.2 Å². The van der Waals surface area contributed by atoms with Gasteiger partial charge >= 0.3 is 0 Å². The Labute approximate surface area is 479 Å². The second-order valence-corrected chi connectivity index (χ2v) is 21.1. The molecule has 14 aromatic carbocycles. The minimum Gasteiger partial charge on any atom is -0.310 e. The molecule has 0 unspecified atom stereocenters. The molecule has 0 aliphatic heterocycles. The van der Waals surface area contributed by atoms with Crippen LogP contribution in [-0.4, -0.2) is 0 Å². The molecule has 0 amide bonds. The molecule has 14 aromatic rings. The Morgan fingerprint density at radius 1 is 0.183 bits per heavy atom. The van der Waals surface area contributed by atoms with Crippen molar-refractivity contribution >= 4 is 111 Å². The third-order valence-electron chi connectivity index (χ3n) is 15.9. The minimum atomic E-state index is 1.07. The molecule has 82 heavy (non-hydrogen) atoms. The van der Waals surface area contributed by atoms with Gasteiger partial charge in [0.15, 0.2) is 0 Å². The number of anilines is 12. The van der Waals surface area contributed by atoms with Crippen molar-refractivity contribution in [3.8, 4) is 11.1 Å². The van der Waals surface area contributed by atoms with Crippen LogP contribution in [0.3, 0.4) is 0 Å². The average molecular weight is 1050 g/mol. The van der Waals surface area contributed by atoms with E-state index in [1.807, 2.05) is 0 Å². The van der Waals surface area contributed by atoms with Gasteiger partial charge in [-0.15, -0.1) is 0 Å². The number of hydrogen-bond acceptors (Lipinski definition) is 4. The van der Waals surface area contributed by atoms with E-state index in [2.05, 4.69) is 349 Å². The van der Waals surface area contributed by atoms with Crippen LogP contribution in [0.2, 0.25) is 0 Å². The lowest BCUT2D eigenvalue weighted by atomic mass is 10.0. The van der Waals surface area contributed by atoms with Gasteiger partial charge in [-0.25, -0.2) is 0 Å². The molecule has 0 aliphatic carbocycles. The standard InChI is InChI=1S/C78H58N4/c1-55-17-11-27-69(53-55)81(77-35-15-25-61-21-5-9-31-73(61)77)67-49-45-65(46-50-67)79(75-33-13-23-59-19-3-7-29-71(59)75)63-41-37-57(38-42-63)58-39-43-64(44-40-58)80(76-34-14-24-60-20-4-8-30-72(60)76)66-47-51-68(52-48-66)82(70-28-12-18-56(2)54-70)78-36-16-26-62-22-6-10-32-74(62)78/h3-54H,1-2H3. The van der Waals surface area contributed by atoms with E-state index in [9.17, 15) is 0 Å². The van der Waals surface area contributed by atoms with E-state index in [1.54, 1.807) is 0 Å². The average Bonchev–Trinajstić information content (AvgIpc) is 3.61. The molecular formula is C78H58N4. The van der Waals surface area contributed by atoms with Crippen LogP contribution in [0.15, 0.2) is 315 Å². The number of rotatable bonds is 13. The molecule has 0 fully saturated rings. The van der Waals surface area contributed by atoms with Gasteiger partial charge in [0.05, 0.1) is 22.7 Å². The summed E-state index contributed by atoms with van der Waals surface area (Å²) >= 11 is 0. The summed E-state index contributed by atoms with van der Waals surface area (Å²) in [6.45, 7) is 4.32. The molecule has 0 N–H and O–H groups in total. The third-order valence-corrected chi connectivity index (χ3v) is 15.9. The smallest absolute Gasteiger partial charge is 0.0540 e. The van der Waals surface area contributed by atoms with Crippen molar-refractivity contribution in [1.29, 1.82) is 0 Å². The molecule has 0 aliphatic rings. The number of nitrogens with zero attached hydrogens (tertiary/aromatic N) is 4. The van der Waals surface area contributed by atoms with Crippen LogP contribution in [0.1, 0.15) is 11.1 Å². The van der Waals surface area contributed by atoms with E-state index in [0.29, 0.717) is 0 Å². The van der Waals surface area contributed by atoms with Gasteiger partial charge in [0, 0.05) is 67.0 Å². The number of fused-ring (bicyclic) bond motifs is 4. The van der Waals surface area contributed by atoms with Gasteiger partial charge in [-0.1, -0.05) is 194 Å². The molecule has 390 valence electrons. The largest absolute Gasteiger partial charge is 0.310 e. The second-order valence-electron chi connectivity index (χ2n) is 21.1. The molecule has 4 heteroatoms. The molecule has 0 saturated carbocycles. The topological polar surface area (TPSA) is 13.0 Å². The normalized spacial score (nSPS) is 11.3. The van der Waals surface area contributed by atoms with Crippen molar-refractivity contribution in [2.24, 2.45) is 0 Å². The maximum Gasteiger partial charge on any atom is 0.0540 e. The lowest BCUT2D eigenvalue weighted by Gasteiger charge is -2.30. The van der Waals surface area contributed by atoms with Crippen molar-refractivity contribution in [1.82, 2.24) is 0 Å². The van der Waals surface area contributed by atoms with Crippen LogP contribution in [0.5, 0.6) is 0 Å². The molecule has 0 spiro atoms. The Balaban J connectivity index is 0.820. The van der Waals surface area contributed by atoms with Crippen molar-refractivity contribution in [2.45, 2.75) is 13.8 Å². The number of hydrogen-bond donors (Lipinski definition) is 0. The Morgan fingerprint density at radius 2 is 0.402 bits per heavy atom. The van der Waals surface area contributed by atoms with E-state index in [4.69, 9.17) is 0 Å². The molecule has 0 bridgehead atoms. The van der Waals surface area contributed by atoms with E-state index in [0.717, 1.165) is 79.4 Å². The summed E-state index contributed by atoms with van der Waals surface area (Å²) in [6.07, 6.45) is 0. The zero-order valence-corrected chi connectivity index (χ0v) is 45.8. The van der Waals surface area contributed by atoms with Crippen molar-refractivity contribution in [3.63, 3.8) is 0 Å². The summed E-state index contributed by atoms with van der Waals surface area (Å²) in [7, 11) is 0.